The van der Waals surface area contributed by atoms with Crippen LogP contribution in [0.5, 0.6) is 0 Å². The number of nitrogens with one attached hydrogen (secondary N) is 2. The van der Waals surface area contributed by atoms with Gasteiger partial charge in [-0.25, -0.2) is 4.39 Å². The molecular weight excluding hydrogens is 269 g/mol. The summed E-state index contributed by atoms with van der Waals surface area (Å²) in [6.07, 6.45) is 4.53. The van der Waals surface area contributed by atoms with Crippen LogP contribution in [0, 0.1) is 5.82 Å². The van der Waals surface area contributed by atoms with Crippen LogP contribution in [0.3, 0.4) is 0 Å². The number of benzene rings is 1. The molecule has 0 aliphatic rings. The number of hydrogen-bond donors (Lipinski definition) is 2. The third-order valence-corrected chi connectivity index (χ3v) is 2.67. The zero-order valence-corrected chi connectivity index (χ0v) is 10.6. The van der Waals surface area contributed by atoms with E-state index in [4.69, 9.17) is 11.6 Å². The molecule has 0 fully saturated rings. The van der Waals surface area contributed by atoms with Crippen LogP contribution < -0.4 is 5.32 Å². The Morgan fingerprint density at radius 1 is 1.47 bits per heavy atom. The molecule has 2 N–H and O–H groups in total. The zero-order chi connectivity index (χ0) is 13.7. The van der Waals surface area contributed by atoms with Crippen molar-refractivity contribution >= 4 is 23.6 Å². The minimum Gasteiger partial charge on any atom is -0.347 e. The summed E-state index contributed by atoms with van der Waals surface area (Å²) < 4.78 is 12.9. The van der Waals surface area contributed by atoms with Crippen LogP contribution in [0.4, 0.5) is 4.39 Å². The van der Waals surface area contributed by atoms with Crippen LogP contribution >= 0.6 is 11.6 Å². The number of H-pyrrole nitrogens is 1. The van der Waals surface area contributed by atoms with Gasteiger partial charge in [-0.2, -0.15) is 5.10 Å². The molecule has 0 saturated carbocycles. The third kappa shape index (κ3) is 3.93. The summed E-state index contributed by atoms with van der Waals surface area (Å²) in [5, 5.41) is 9.20. The highest BCUT2D eigenvalue weighted by atomic mass is 35.5. The monoisotopic (exact) mass is 279 g/mol. The summed E-state index contributed by atoms with van der Waals surface area (Å²) in [4.78, 5) is 11.5. The van der Waals surface area contributed by atoms with Gasteiger partial charge in [-0.15, -0.1) is 0 Å². The van der Waals surface area contributed by atoms with Gasteiger partial charge in [0.05, 0.1) is 17.3 Å². The number of halogens is 2. The van der Waals surface area contributed by atoms with Crippen LogP contribution in [0.25, 0.3) is 6.08 Å². The average molecular weight is 280 g/mol. The van der Waals surface area contributed by atoms with E-state index in [0.717, 1.165) is 5.69 Å². The maximum atomic E-state index is 12.9. The van der Waals surface area contributed by atoms with Gasteiger partial charge in [0.15, 0.2) is 0 Å². The van der Waals surface area contributed by atoms with Crippen LogP contribution in [0.2, 0.25) is 5.02 Å². The van der Waals surface area contributed by atoms with Gasteiger partial charge in [-0.1, -0.05) is 17.7 Å². The Kier molecular flexibility index (Phi) is 4.30. The quantitative estimate of drug-likeness (QED) is 0.845. The van der Waals surface area contributed by atoms with E-state index < -0.39 is 5.82 Å². The van der Waals surface area contributed by atoms with Crippen LogP contribution in [-0.2, 0) is 11.3 Å². The summed E-state index contributed by atoms with van der Waals surface area (Å²) in [5.74, 6) is -0.738. The highest BCUT2D eigenvalue weighted by Crippen LogP contribution is 2.16. The standard InChI is InChI=1S/C13H11ClFN3O/c14-11-7-9(1-3-12(11)15)2-4-13(19)16-8-10-5-6-17-18-10/h1-7H,8H2,(H,16,19)(H,17,18). The Morgan fingerprint density at radius 3 is 3.00 bits per heavy atom. The van der Waals surface area contributed by atoms with E-state index in [1.165, 1.54) is 18.2 Å². The van der Waals surface area contributed by atoms with Crippen LogP contribution in [0.15, 0.2) is 36.5 Å². The molecule has 19 heavy (non-hydrogen) atoms. The van der Waals surface area contributed by atoms with Crippen molar-refractivity contribution < 1.29 is 9.18 Å². The number of rotatable bonds is 4. The smallest absolute Gasteiger partial charge is 0.244 e. The summed E-state index contributed by atoms with van der Waals surface area (Å²) in [6, 6.07) is 6.02. The highest BCUT2D eigenvalue weighted by molar-refractivity contribution is 6.30. The normalized spacial score (nSPS) is 10.8. The number of carbonyl (C=O) groups is 1. The lowest BCUT2D eigenvalue weighted by Crippen LogP contribution is -2.20. The van der Waals surface area contributed by atoms with E-state index in [2.05, 4.69) is 15.5 Å². The molecule has 1 aromatic carbocycles. The van der Waals surface area contributed by atoms with Crippen molar-refractivity contribution in [1.29, 1.82) is 0 Å². The molecule has 1 heterocycles. The minimum absolute atomic E-state index is 0.0278. The maximum absolute atomic E-state index is 12.9. The number of aromatic nitrogens is 2. The molecule has 0 radical (unpaired) electrons. The van der Waals surface area contributed by atoms with Gasteiger partial charge in [0.25, 0.3) is 0 Å². The van der Waals surface area contributed by atoms with Crippen molar-refractivity contribution in [3.05, 3.63) is 58.6 Å². The Hall–Kier alpha value is -2.14. The summed E-state index contributed by atoms with van der Waals surface area (Å²) in [7, 11) is 0. The van der Waals surface area contributed by atoms with Gasteiger partial charge in [0, 0.05) is 12.3 Å². The Bertz CT molecular complexity index is 596. The van der Waals surface area contributed by atoms with Gasteiger partial charge in [0.2, 0.25) is 5.91 Å². The van der Waals surface area contributed by atoms with E-state index >= 15 is 0 Å². The van der Waals surface area contributed by atoms with Gasteiger partial charge in [0.1, 0.15) is 5.82 Å². The molecule has 4 nitrogen and oxygen atoms in total. The second-order valence-corrected chi connectivity index (χ2v) is 4.21. The first-order valence-corrected chi connectivity index (χ1v) is 5.92. The molecule has 1 amide bonds. The second kappa shape index (κ2) is 6.15. The molecule has 0 saturated heterocycles. The van der Waals surface area contributed by atoms with Crippen molar-refractivity contribution in [3.63, 3.8) is 0 Å². The van der Waals surface area contributed by atoms with E-state index in [9.17, 15) is 9.18 Å². The minimum atomic E-state index is -0.484. The largest absolute Gasteiger partial charge is 0.347 e. The third-order valence-electron chi connectivity index (χ3n) is 2.38. The Labute approximate surface area is 114 Å². The maximum Gasteiger partial charge on any atom is 0.244 e. The Balaban J connectivity index is 1.90. The molecule has 6 heteroatoms. The van der Waals surface area contributed by atoms with E-state index in [1.54, 1.807) is 24.4 Å². The molecule has 0 aliphatic heterocycles. The molecule has 98 valence electrons. The SMILES string of the molecule is O=C(C=Cc1ccc(F)c(Cl)c1)NCc1ccn[nH]1. The van der Waals surface area contributed by atoms with Crippen molar-refractivity contribution in [3.8, 4) is 0 Å². The number of hydrogen-bond acceptors (Lipinski definition) is 2. The molecule has 2 rings (SSSR count). The first-order chi connectivity index (χ1) is 9.15. The van der Waals surface area contributed by atoms with Crippen LogP contribution in [-0.4, -0.2) is 16.1 Å². The molecule has 2 aromatic rings. The van der Waals surface area contributed by atoms with E-state index in [1.807, 2.05) is 0 Å². The molecule has 1 aromatic heterocycles. The molecule has 0 aliphatic carbocycles. The first kappa shape index (κ1) is 13.3. The fraction of sp³-hybridized carbons (Fsp3) is 0.0769. The highest BCUT2D eigenvalue weighted by Gasteiger charge is 2.00. The van der Waals surface area contributed by atoms with Crippen LogP contribution in [0.1, 0.15) is 11.3 Å². The number of carbonyl (C=O) groups excluding carboxylic acids is 1. The van der Waals surface area contributed by atoms with Gasteiger partial charge >= 0.3 is 0 Å². The number of amides is 1. The van der Waals surface area contributed by atoms with Crippen molar-refractivity contribution in [1.82, 2.24) is 15.5 Å². The molecule has 0 unspecified atom stereocenters. The number of nitrogens with zero attached hydrogens (tertiary/aromatic N) is 1. The summed E-state index contributed by atoms with van der Waals surface area (Å²) >= 11 is 5.64. The molecular formula is C13H11ClFN3O. The second-order valence-electron chi connectivity index (χ2n) is 3.81. The lowest BCUT2D eigenvalue weighted by atomic mass is 10.2. The predicted octanol–water partition coefficient (Wildman–Crippen LogP) is 2.53. The Morgan fingerprint density at radius 2 is 2.32 bits per heavy atom. The van der Waals surface area contributed by atoms with E-state index in [0.29, 0.717) is 12.1 Å². The summed E-state index contributed by atoms with van der Waals surface area (Å²) in [5.41, 5.74) is 1.47. The van der Waals surface area contributed by atoms with Crippen molar-refractivity contribution in [2.75, 3.05) is 0 Å². The fourth-order valence-corrected chi connectivity index (χ4v) is 1.60. The number of aromatic amines is 1. The molecule has 0 spiro atoms. The van der Waals surface area contributed by atoms with Crippen molar-refractivity contribution in [2.24, 2.45) is 0 Å². The topological polar surface area (TPSA) is 57.8 Å². The summed E-state index contributed by atoms with van der Waals surface area (Å²) in [6.45, 7) is 0.368. The fourth-order valence-electron chi connectivity index (χ4n) is 1.41. The average Bonchev–Trinajstić information content (AvgIpc) is 2.91. The lowest BCUT2D eigenvalue weighted by molar-refractivity contribution is -0.116. The van der Waals surface area contributed by atoms with E-state index in [-0.39, 0.29) is 10.9 Å². The lowest BCUT2D eigenvalue weighted by Gasteiger charge is -1.99. The molecule has 0 atom stereocenters. The van der Waals surface area contributed by atoms with Crippen molar-refractivity contribution in [2.45, 2.75) is 6.54 Å². The molecule has 0 bridgehead atoms. The first-order valence-electron chi connectivity index (χ1n) is 5.54. The van der Waals surface area contributed by atoms with Gasteiger partial charge < -0.3 is 5.32 Å². The van der Waals surface area contributed by atoms with Gasteiger partial charge in [-0.3, -0.25) is 9.89 Å². The zero-order valence-electron chi connectivity index (χ0n) is 9.86. The predicted molar refractivity (Wildman–Crippen MR) is 70.9 cm³/mol. The van der Waals surface area contributed by atoms with Gasteiger partial charge in [-0.05, 0) is 29.8 Å².